The Morgan fingerprint density at radius 1 is 1.00 bits per heavy atom. The zero-order valence-corrected chi connectivity index (χ0v) is 10.6. The van der Waals surface area contributed by atoms with E-state index in [-0.39, 0.29) is 16.7 Å². The summed E-state index contributed by atoms with van der Waals surface area (Å²) in [6.45, 7) is 0. The molecule has 0 saturated heterocycles. The van der Waals surface area contributed by atoms with Crippen molar-refractivity contribution < 1.29 is 19.8 Å². The van der Waals surface area contributed by atoms with E-state index in [1.54, 1.807) is 24.3 Å². The summed E-state index contributed by atoms with van der Waals surface area (Å²) in [4.78, 5) is 23.2. The fraction of sp³-hybridized carbons (Fsp3) is 0. The molecule has 0 amide bonds. The molecule has 0 radical (unpaired) electrons. The number of hydrogen-bond donors (Lipinski definition) is 2. The third-order valence-electron chi connectivity index (χ3n) is 2.51. The molecule has 0 aliphatic heterocycles. The molecule has 1 aromatic carbocycles. The highest BCUT2D eigenvalue weighted by Gasteiger charge is 2.18. The molecule has 96 valence electrons. The summed E-state index contributed by atoms with van der Waals surface area (Å²) in [7, 11) is 0. The Labute approximate surface area is 113 Å². The molecule has 2 N–H and O–H groups in total. The minimum absolute atomic E-state index is 0.0206. The number of aromatic carboxylic acids is 1. The molecule has 19 heavy (non-hydrogen) atoms. The molecule has 2 aromatic rings. The summed E-state index contributed by atoms with van der Waals surface area (Å²) in [5.41, 5.74) is 0.157. The minimum Gasteiger partial charge on any atom is -0.478 e. The van der Waals surface area contributed by atoms with Gasteiger partial charge in [0.1, 0.15) is 0 Å². The molecule has 2 rings (SSSR count). The third kappa shape index (κ3) is 2.89. The normalized spacial score (nSPS) is 11.3. The van der Waals surface area contributed by atoms with Gasteiger partial charge in [0.05, 0.1) is 11.1 Å². The Morgan fingerprint density at radius 3 is 2.21 bits per heavy atom. The number of hydrogen-bond acceptors (Lipinski definition) is 3. The summed E-state index contributed by atoms with van der Waals surface area (Å²) < 4.78 is 0. The van der Waals surface area contributed by atoms with Gasteiger partial charge in [-0.25, -0.2) is 9.59 Å². The van der Waals surface area contributed by atoms with Crippen LogP contribution in [0.5, 0.6) is 0 Å². The number of aliphatic carboxylic acids is 1. The molecular weight excluding hydrogens is 264 g/mol. The maximum Gasteiger partial charge on any atom is 0.336 e. The van der Waals surface area contributed by atoms with Gasteiger partial charge in [-0.1, -0.05) is 24.3 Å². The average molecular weight is 274 g/mol. The van der Waals surface area contributed by atoms with Gasteiger partial charge < -0.3 is 10.2 Å². The quantitative estimate of drug-likeness (QED) is 0.840. The van der Waals surface area contributed by atoms with E-state index in [1.165, 1.54) is 29.5 Å². The van der Waals surface area contributed by atoms with Crippen LogP contribution in [0.2, 0.25) is 0 Å². The number of carboxylic acid groups (broad SMARTS) is 2. The monoisotopic (exact) mass is 274 g/mol. The van der Waals surface area contributed by atoms with Gasteiger partial charge in [0, 0.05) is 10.4 Å². The SMILES string of the molecule is O=C(O)/C(=C/c1cccs1)c1ccccc1C(=O)O. The molecule has 0 fully saturated rings. The topological polar surface area (TPSA) is 74.6 Å². The van der Waals surface area contributed by atoms with Crippen molar-refractivity contribution in [3.8, 4) is 0 Å². The highest BCUT2D eigenvalue weighted by atomic mass is 32.1. The molecule has 0 bridgehead atoms. The number of rotatable bonds is 4. The highest BCUT2D eigenvalue weighted by Crippen LogP contribution is 2.24. The molecule has 0 aliphatic rings. The van der Waals surface area contributed by atoms with Gasteiger partial charge in [-0.05, 0) is 23.6 Å². The lowest BCUT2D eigenvalue weighted by Crippen LogP contribution is -2.06. The molecule has 0 saturated carbocycles. The van der Waals surface area contributed by atoms with E-state index in [0.717, 1.165) is 4.88 Å². The van der Waals surface area contributed by atoms with Crippen molar-refractivity contribution in [3.05, 3.63) is 57.8 Å². The zero-order valence-electron chi connectivity index (χ0n) is 9.74. The molecule has 1 heterocycles. The van der Waals surface area contributed by atoms with E-state index >= 15 is 0 Å². The van der Waals surface area contributed by atoms with Gasteiger partial charge in [-0.2, -0.15) is 0 Å². The fourth-order valence-electron chi connectivity index (χ4n) is 1.67. The summed E-state index contributed by atoms with van der Waals surface area (Å²) in [5, 5.41) is 20.2. The van der Waals surface area contributed by atoms with Crippen molar-refractivity contribution in [3.63, 3.8) is 0 Å². The Balaban J connectivity index is 2.58. The van der Waals surface area contributed by atoms with Crippen LogP contribution in [-0.4, -0.2) is 22.2 Å². The maximum absolute atomic E-state index is 11.3. The van der Waals surface area contributed by atoms with Gasteiger partial charge in [-0.3, -0.25) is 0 Å². The lowest BCUT2D eigenvalue weighted by molar-refractivity contribution is -0.130. The summed E-state index contributed by atoms with van der Waals surface area (Å²) in [5.74, 6) is -2.30. The van der Waals surface area contributed by atoms with Crippen LogP contribution in [0.3, 0.4) is 0 Å². The number of carboxylic acids is 2. The van der Waals surface area contributed by atoms with Crippen molar-refractivity contribution in [2.45, 2.75) is 0 Å². The molecule has 0 spiro atoms. The standard InChI is InChI=1S/C14H10O4S/c15-13(16)11-6-2-1-5-10(11)12(14(17)18)8-9-4-3-7-19-9/h1-8H,(H,15,16)(H,17,18)/b12-8+. The Bertz CT molecular complexity index is 641. The van der Waals surface area contributed by atoms with Crippen LogP contribution in [0.1, 0.15) is 20.8 Å². The summed E-state index contributed by atoms with van der Waals surface area (Å²) >= 11 is 1.39. The molecular formula is C14H10O4S. The lowest BCUT2D eigenvalue weighted by Gasteiger charge is -2.06. The largest absolute Gasteiger partial charge is 0.478 e. The first-order valence-electron chi connectivity index (χ1n) is 5.41. The predicted octanol–water partition coefficient (Wildman–Crippen LogP) is 3.07. The maximum atomic E-state index is 11.3. The molecule has 0 atom stereocenters. The van der Waals surface area contributed by atoms with E-state index in [4.69, 9.17) is 5.11 Å². The van der Waals surface area contributed by atoms with Crippen LogP contribution in [0.25, 0.3) is 11.6 Å². The van der Waals surface area contributed by atoms with Crippen LogP contribution >= 0.6 is 11.3 Å². The molecule has 5 heteroatoms. The Kier molecular flexibility index (Phi) is 3.77. The Morgan fingerprint density at radius 2 is 1.68 bits per heavy atom. The van der Waals surface area contributed by atoms with Gasteiger partial charge in [-0.15, -0.1) is 11.3 Å². The zero-order chi connectivity index (χ0) is 13.8. The van der Waals surface area contributed by atoms with Gasteiger partial charge in [0.25, 0.3) is 0 Å². The van der Waals surface area contributed by atoms with Crippen LogP contribution in [-0.2, 0) is 4.79 Å². The number of thiophene rings is 1. The first-order chi connectivity index (χ1) is 9.09. The van der Waals surface area contributed by atoms with Crippen molar-refractivity contribution in [2.75, 3.05) is 0 Å². The lowest BCUT2D eigenvalue weighted by atomic mass is 9.99. The second kappa shape index (κ2) is 5.49. The third-order valence-corrected chi connectivity index (χ3v) is 3.33. The number of carbonyl (C=O) groups is 2. The van der Waals surface area contributed by atoms with Crippen LogP contribution in [0.15, 0.2) is 41.8 Å². The van der Waals surface area contributed by atoms with Crippen LogP contribution in [0, 0.1) is 0 Å². The van der Waals surface area contributed by atoms with E-state index in [2.05, 4.69) is 0 Å². The minimum atomic E-state index is -1.15. The fourth-order valence-corrected chi connectivity index (χ4v) is 2.33. The predicted molar refractivity (Wildman–Crippen MR) is 73.2 cm³/mol. The second-order valence-electron chi connectivity index (χ2n) is 3.73. The highest BCUT2D eigenvalue weighted by molar-refractivity contribution is 7.11. The van der Waals surface area contributed by atoms with E-state index < -0.39 is 11.9 Å². The van der Waals surface area contributed by atoms with Crippen LogP contribution < -0.4 is 0 Å². The van der Waals surface area contributed by atoms with Crippen LogP contribution in [0.4, 0.5) is 0 Å². The van der Waals surface area contributed by atoms with Gasteiger partial charge in [0.15, 0.2) is 0 Å². The van der Waals surface area contributed by atoms with Crippen molar-refractivity contribution >= 4 is 34.9 Å². The second-order valence-corrected chi connectivity index (χ2v) is 4.71. The van der Waals surface area contributed by atoms with E-state index in [9.17, 15) is 14.7 Å². The van der Waals surface area contributed by atoms with E-state index in [1.807, 2.05) is 5.38 Å². The van der Waals surface area contributed by atoms with E-state index in [0.29, 0.717) is 0 Å². The molecule has 1 aromatic heterocycles. The summed E-state index contributed by atoms with van der Waals surface area (Å²) in [6, 6.07) is 9.65. The van der Waals surface area contributed by atoms with Crippen molar-refractivity contribution in [1.82, 2.24) is 0 Å². The Hall–Kier alpha value is -2.40. The smallest absolute Gasteiger partial charge is 0.336 e. The van der Waals surface area contributed by atoms with Crippen molar-refractivity contribution in [1.29, 1.82) is 0 Å². The van der Waals surface area contributed by atoms with Crippen molar-refractivity contribution in [2.24, 2.45) is 0 Å². The number of benzene rings is 1. The van der Waals surface area contributed by atoms with Gasteiger partial charge >= 0.3 is 11.9 Å². The molecule has 0 unspecified atom stereocenters. The summed E-state index contributed by atoms with van der Waals surface area (Å²) in [6.07, 6.45) is 1.48. The average Bonchev–Trinajstić information content (AvgIpc) is 2.88. The first-order valence-corrected chi connectivity index (χ1v) is 6.28. The molecule has 0 aliphatic carbocycles. The molecule has 4 nitrogen and oxygen atoms in total. The first kappa shape index (κ1) is 13.0. The van der Waals surface area contributed by atoms with Gasteiger partial charge in [0.2, 0.25) is 0 Å².